The highest BCUT2D eigenvalue weighted by Crippen LogP contribution is 2.38. The van der Waals surface area contributed by atoms with Crippen LogP contribution in [0.3, 0.4) is 0 Å². The van der Waals surface area contributed by atoms with Gasteiger partial charge in [0.05, 0.1) is 26.9 Å². The third-order valence-corrected chi connectivity index (χ3v) is 6.19. The molecule has 182 valence electrons. The normalized spacial score (nSPS) is 15.1. The third-order valence-electron chi connectivity index (χ3n) is 5.94. The third kappa shape index (κ3) is 6.50. The van der Waals surface area contributed by atoms with E-state index in [0.717, 1.165) is 48.9 Å². The molecule has 7 heteroatoms. The van der Waals surface area contributed by atoms with Gasteiger partial charge in [0, 0.05) is 18.1 Å². The molecule has 34 heavy (non-hydrogen) atoms. The first-order valence-electron chi connectivity index (χ1n) is 11.2. The highest BCUT2D eigenvalue weighted by molar-refractivity contribution is 6.30. The van der Waals surface area contributed by atoms with Crippen molar-refractivity contribution in [2.45, 2.75) is 18.9 Å². The zero-order chi connectivity index (χ0) is 23.0. The Labute approximate surface area is 212 Å². The summed E-state index contributed by atoms with van der Waals surface area (Å²) in [5, 5.41) is 0.711. The van der Waals surface area contributed by atoms with Gasteiger partial charge < -0.3 is 18.9 Å². The number of methoxy groups -OCH3 is 2. The van der Waals surface area contributed by atoms with Crippen LogP contribution in [0.5, 0.6) is 23.0 Å². The quantitative estimate of drug-likeness (QED) is 0.307. The van der Waals surface area contributed by atoms with Crippen molar-refractivity contribution >= 4 is 24.0 Å². The fourth-order valence-corrected chi connectivity index (χ4v) is 4.35. The zero-order valence-electron chi connectivity index (χ0n) is 19.5. The number of halogens is 2. The van der Waals surface area contributed by atoms with Gasteiger partial charge in [-0.3, -0.25) is 4.90 Å². The molecule has 0 bridgehead atoms. The van der Waals surface area contributed by atoms with Gasteiger partial charge in [0.1, 0.15) is 18.1 Å². The average molecular weight is 504 g/mol. The minimum atomic E-state index is 0. The summed E-state index contributed by atoms with van der Waals surface area (Å²) in [6, 6.07) is 21.8. The molecule has 1 unspecified atom stereocenters. The smallest absolute Gasteiger partial charge is 0.161 e. The summed E-state index contributed by atoms with van der Waals surface area (Å²) in [7, 11) is 3.35. The van der Waals surface area contributed by atoms with Crippen molar-refractivity contribution in [1.82, 2.24) is 4.90 Å². The van der Waals surface area contributed by atoms with Gasteiger partial charge in [-0.25, -0.2) is 0 Å². The van der Waals surface area contributed by atoms with Crippen LogP contribution in [0, 0.1) is 0 Å². The summed E-state index contributed by atoms with van der Waals surface area (Å²) in [5.74, 6) is 3.22. The SMILES string of the molecule is COc1cc2c(cc1OC)C(COc1ccccc1)N(CCCOc1ccc(Cl)cc1)CC2.Cl. The minimum absolute atomic E-state index is 0. The lowest BCUT2D eigenvalue weighted by Crippen LogP contribution is -2.39. The first-order chi connectivity index (χ1) is 16.2. The van der Waals surface area contributed by atoms with Crippen LogP contribution in [-0.4, -0.2) is 45.4 Å². The molecular formula is C27H31Cl2NO4. The standard InChI is InChI=1S/C27H30ClNO4.ClH/c1-30-26-17-20-13-15-29(14-6-16-32-23-11-9-21(28)10-12-23)25(24(20)18-27(26)31-2)19-33-22-7-4-3-5-8-22;/h3-5,7-12,17-18,25H,6,13-16,19H2,1-2H3;1H. The average Bonchev–Trinajstić information content (AvgIpc) is 2.86. The Kier molecular flexibility index (Phi) is 9.75. The number of ether oxygens (including phenoxy) is 4. The molecule has 1 heterocycles. The Balaban J connectivity index is 0.00000324. The lowest BCUT2D eigenvalue weighted by molar-refractivity contribution is 0.118. The van der Waals surface area contributed by atoms with Crippen LogP contribution in [0.25, 0.3) is 0 Å². The maximum absolute atomic E-state index is 6.19. The van der Waals surface area contributed by atoms with Crippen LogP contribution in [0.1, 0.15) is 23.6 Å². The van der Waals surface area contributed by atoms with Crippen molar-refractivity contribution < 1.29 is 18.9 Å². The number of fused-ring (bicyclic) bond motifs is 1. The second kappa shape index (κ2) is 12.7. The van der Waals surface area contributed by atoms with Crippen LogP contribution in [0.15, 0.2) is 66.7 Å². The molecule has 0 amide bonds. The van der Waals surface area contributed by atoms with Gasteiger partial charge in [-0.15, -0.1) is 12.4 Å². The summed E-state index contributed by atoms with van der Waals surface area (Å²) < 4.78 is 23.2. The second-order valence-electron chi connectivity index (χ2n) is 7.99. The van der Waals surface area contributed by atoms with Gasteiger partial charge in [0.15, 0.2) is 11.5 Å². The van der Waals surface area contributed by atoms with E-state index in [2.05, 4.69) is 17.0 Å². The van der Waals surface area contributed by atoms with E-state index in [4.69, 9.17) is 30.5 Å². The highest BCUT2D eigenvalue weighted by Gasteiger charge is 2.29. The molecule has 0 saturated heterocycles. The van der Waals surface area contributed by atoms with Gasteiger partial charge in [0.2, 0.25) is 0 Å². The van der Waals surface area contributed by atoms with Crippen molar-refractivity contribution in [3.05, 3.63) is 82.9 Å². The molecule has 0 aromatic heterocycles. The van der Waals surface area contributed by atoms with Crippen molar-refractivity contribution in [2.75, 3.05) is 40.5 Å². The fraction of sp³-hybridized carbons (Fsp3) is 0.333. The van der Waals surface area contributed by atoms with Crippen LogP contribution in [0.2, 0.25) is 5.02 Å². The Bertz CT molecular complexity index is 1030. The summed E-state index contributed by atoms with van der Waals surface area (Å²) in [6.07, 6.45) is 1.86. The van der Waals surface area contributed by atoms with Crippen LogP contribution < -0.4 is 18.9 Å². The first-order valence-corrected chi connectivity index (χ1v) is 11.6. The molecule has 3 aromatic carbocycles. The molecule has 1 atom stereocenters. The van der Waals surface area contributed by atoms with E-state index in [0.29, 0.717) is 18.2 Å². The van der Waals surface area contributed by atoms with Crippen molar-refractivity contribution in [2.24, 2.45) is 0 Å². The van der Waals surface area contributed by atoms with E-state index in [1.165, 1.54) is 11.1 Å². The molecule has 1 aliphatic rings. The fourth-order valence-electron chi connectivity index (χ4n) is 4.22. The molecular weight excluding hydrogens is 473 g/mol. The number of hydrogen-bond donors (Lipinski definition) is 0. The van der Waals surface area contributed by atoms with Crippen LogP contribution >= 0.6 is 24.0 Å². The first kappa shape index (κ1) is 26.0. The van der Waals surface area contributed by atoms with Gasteiger partial charge in [-0.05, 0) is 72.5 Å². The Morgan fingerprint density at radius 3 is 2.26 bits per heavy atom. The van der Waals surface area contributed by atoms with E-state index in [-0.39, 0.29) is 18.4 Å². The molecule has 0 fully saturated rings. The Hall–Kier alpha value is -2.60. The van der Waals surface area contributed by atoms with Gasteiger partial charge in [-0.1, -0.05) is 29.8 Å². The lowest BCUT2D eigenvalue weighted by Gasteiger charge is -2.37. The molecule has 4 rings (SSSR count). The lowest BCUT2D eigenvalue weighted by atomic mass is 9.92. The summed E-state index contributed by atoms with van der Waals surface area (Å²) in [5.41, 5.74) is 2.51. The molecule has 0 spiro atoms. The van der Waals surface area contributed by atoms with Crippen molar-refractivity contribution in [3.8, 4) is 23.0 Å². The summed E-state index contributed by atoms with van der Waals surface area (Å²) in [4.78, 5) is 2.47. The summed E-state index contributed by atoms with van der Waals surface area (Å²) >= 11 is 5.96. The van der Waals surface area contributed by atoms with E-state index < -0.39 is 0 Å². The monoisotopic (exact) mass is 503 g/mol. The van der Waals surface area contributed by atoms with E-state index in [1.54, 1.807) is 14.2 Å². The molecule has 0 saturated carbocycles. The summed E-state index contributed by atoms with van der Waals surface area (Å²) in [6.45, 7) is 3.06. The topological polar surface area (TPSA) is 40.2 Å². The van der Waals surface area contributed by atoms with Crippen molar-refractivity contribution in [3.63, 3.8) is 0 Å². The number of para-hydroxylation sites is 1. The zero-order valence-corrected chi connectivity index (χ0v) is 21.1. The van der Waals surface area contributed by atoms with Gasteiger partial charge in [0.25, 0.3) is 0 Å². The molecule has 0 N–H and O–H groups in total. The second-order valence-corrected chi connectivity index (χ2v) is 8.42. The maximum atomic E-state index is 6.19. The van der Waals surface area contributed by atoms with E-state index in [1.807, 2.05) is 54.6 Å². The predicted molar refractivity (Wildman–Crippen MR) is 138 cm³/mol. The molecule has 0 aliphatic carbocycles. The van der Waals surface area contributed by atoms with Gasteiger partial charge >= 0.3 is 0 Å². The van der Waals surface area contributed by atoms with E-state index >= 15 is 0 Å². The maximum Gasteiger partial charge on any atom is 0.161 e. The van der Waals surface area contributed by atoms with Crippen LogP contribution in [-0.2, 0) is 6.42 Å². The van der Waals surface area contributed by atoms with Crippen molar-refractivity contribution in [1.29, 1.82) is 0 Å². The molecule has 5 nitrogen and oxygen atoms in total. The minimum Gasteiger partial charge on any atom is -0.494 e. The number of benzene rings is 3. The number of nitrogens with zero attached hydrogens (tertiary/aromatic N) is 1. The number of hydrogen-bond acceptors (Lipinski definition) is 5. The Morgan fingerprint density at radius 1 is 0.882 bits per heavy atom. The molecule has 0 radical (unpaired) electrons. The Morgan fingerprint density at radius 2 is 1.56 bits per heavy atom. The number of rotatable bonds is 10. The molecule has 3 aromatic rings. The predicted octanol–water partition coefficient (Wildman–Crippen LogP) is 6.23. The van der Waals surface area contributed by atoms with E-state index in [9.17, 15) is 0 Å². The molecule has 1 aliphatic heterocycles. The van der Waals surface area contributed by atoms with Gasteiger partial charge in [-0.2, -0.15) is 0 Å². The highest BCUT2D eigenvalue weighted by atomic mass is 35.5. The largest absolute Gasteiger partial charge is 0.494 e. The van der Waals surface area contributed by atoms with Crippen LogP contribution in [0.4, 0.5) is 0 Å².